The Bertz CT molecular complexity index is 537. The second-order valence-corrected chi connectivity index (χ2v) is 4.34. The summed E-state index contributed by atoms with van der Waals surface area (Å²) in [6.45, 7) is 4.82. The van der Waals surface area contributed by atoms with Crippen LogP contribution in [0.2, 0.25) is 0 Å². The van der Waals surface area contributed by atoms with Crippen molar-refractivity contribution >= 4 is 17.0 Å². The molecule has 0 aromatic carbocycles. The molecule has 0 spiro atoms. The van der Waals surface area contributed by atoms with E-state index in [1.54, 1.807) is 0 Å². The molecule has 98 valence electrons. The Morgan fingerprint density at radius 1 is 1.39 bits per heavy atom. The van der Waals surface area contributed by atoms with Gasteiger partial charge in [0.15, 0.2) is 11.3 Å². The highest BCUT2D eigenvalue weighted by Crippen LogP contribution is 2.21. The largest absolute Gasteiger partial charge is 0.466 e. The molecule has 18 heavy (non-hydrogen) atoms. The normalized spacial score (nSPS) is 11.1. The first-order valence-corrected chi connectivity index (χ1v) is 5.79. The molecule has 2 aromatic rings. The quantitative estimate of drug-likeness (QED) is 0.849. The number of anilines is 1. The minimum Gasteiger partial charge on any atom is -0.466 e. The van der Waals surface area contributed by atoms with E-state index in [0.717, 1.165) is 6.42 Å². The molecule has 0 aliphatic carbocycles. The fourth-order valence-corrected chi connectivity index (χ4v) is 1.49. The molecule has 0 saturated heterocycles. The van der Waals surface area contributed by atoms with Crippen LogP contribution in [0.4, 0.5) is 5.82 Å². The van der Waals surface area contributed by atoms with Gasteiger partial charge in [0, 0.05) is 0 Å². The van der Waals surface area contributed by atoms with Gasteiger partial charge in [-0.2, -0.15) is 4.98 Å². The average Bonchev–Trinajstić information content (AvgIpc) is 2.69. The molecular weight excluding hydrogens is 234 g/mol. The van der Waals surface area contributed by atoms with Crippen LogP contribution in [0.15, 0.2) is 6.33 Å². The lowest BCUT2D eigenvalue weighted by Crippen LogP contribution is -2.15. The zero-order chi connectivity index (χ0) is 13.1. The van der Waals surface area contributed by atoms with Crippen molar-refractivity contribution in [2.45, 2.75) is 20.3 Å². The number of ether oxygens (including phenoxy) is 1. The van der Waals surface area contributed by atoms with Crippen LogP contribution in [-0.2, 0) is 0 Å². The van der Waals surface area contributed by atoms with Crippen molar-refractivity contribution < 1.29 is 9.57 Å². The van der Waals surface area contributed by atoms with E-state index in [-0.39, 0.29) is 0 Å². The fraction of sp³-hybridized carbons (Fsp3) is 0.545. The van der Waals surface area contributed by atoms with E-state index in [2.05, 4.69) is 28.8 Å². The molecule has 2 N–H and O–H groups in total. The first kappa shape index (κ1) is 12.4. The van der Waals surface area contributed by atoms with E-state index in [0.29, 0.717) is 35.5 Å². The van der Waals surface area contributed by atoms with Gasteiger partial charge in [0.2, 0.25) is 5.65 Å². The van der Waals surface area contributed by atoms with Crippen molar-refractivity contribution in [2.75, 3.05) is 19.5 Å². The molecule has 0 fully saturated rings. The van der Waals surface area contributed by atoms with Crippen molar-refractivity contribution in [2.24, 2.45) is 5.92 Å². The molecule has 0 unspecified atom stereocenters. The third-order valence-corrected chi connectivity index (χ3v) is 2.50. The summed E-state index contributed by atoms with van der Waals surface area (Å²) in [5.74, 6) is 0.870. The number of nitrogens with two attached hydrogens (primary N) is 1. The van der Waals surface area contributed by atoms with E-state index in [1.807, 2.05) is 0 Å². The Morgan fingerprint density at radius 2 is 2.17 bits per heavy atom. The summed E-state index contributed by atoms with van der Waals surface area (Å²) in [6.07, 6.45) is 2.31. The highest BCUT2D eigenvalue weighted by atomic mass is 16.7. The zero-order valence-corrected chi connectivity index (χ0v) is 10.8. The third kappa shape index (κ3) is 2.29. The van der Waals surface area contributed by atoms with Gasteiger partial charge in [-0.3, -0.25) is 0 Å². The molecule has 0 aliphatic rings. The number of nitrogen functional groups attached to an aromatic ring is 1. The minimum absolute atomic E-state index is 0.310. The van der Waals surface area contributed by atoms with Crippen LogP contribution in [0.5, 0.6) is 6.01 Å². The molecule has 2 heterocycles. The second-order valence-electron chi connectivity index (χ2n) is 4.34. The molecule has 0 saturated carbocycles. The number of hydrogen-bond donors (Lipinski definition) is 1. The van der Waals surface area contributed by atoms with Crippen molar-refractivity contribution in [3.05, 3.63) is 6.33 Å². The number of nitrogens with zero attached hydrogens (tertiary/aromatic N) is 4. The third-order valence-electron chi connectivity index (χ3n) is 2.50. The molecule has 7 nitrogen and oxygen atoms in total. The molecular formula is C11H17N5O2. The van der Waals surface area contributed by atoms with Gasteiger partial charge in [0.25, 0.3) is 0 Å². The minimum atomic E-state index is 0.310. The molecule has 0 bridgehead atoms. The molecule has 2 aromatic heterocycles. The monoisotopic (exact) mass is 251 g/mol. The van der Waals surface area contributed by atoms with Crippen LogP contribution < -0.4 is 15.3 Å². The average molecular weight is 251 g/mol. The van der Waals surface area contributed by atoms with E-state index >= 15 is 0 Å². The van der Waals surface area contributed by atoms with Gasteiger partial charge in [-0.05, 0) is 12.3 Å². The summed E-state index contributed by atoms with van der Waals surface area (Å²) >= 11 is 0. The topological polar surface area (TPSA) is 88.1 Å². The number of fused-ring (bicyclic) bond motifs is 1. The molecule has 0 atom stereocenters. The van der Waals surface area contributed by atoms with Crippen molar-refractivity contribution in [3.8, 4) is 6.01 Å². The first-order chi connectivity index (χ1) is 8.63. The summed E-state index contributed by atoms with van der Waals surface area (Å²) in [6, 6.07) is 0.320. The predicted octanol–water partition coefficient (Wildman–Crippen LogP) is 0.892. The second kappa shape index (κ2) is 5.07. The standard InChI is InChI=1S/C11H17N5O2/c1-7(2)4-5-18-16-10-8(15-11(16)17-3)9(12)13-6-14-10/h6-7H,4-5H2,1-3H3,(H2,12,13,14). The molecule has 0 aliphatic heterocycles. The predicted molar refractivity (Wildman–Crippen MR) is 67.2 cm³/mol. The van der Waals surface area contributed by atoms with Crippen LogP contribution in [0.1, 0.15) is 20.3 Å². The zero-order valence-electron chi connectivity index (χ0n) is 10.8. The lowest BCUT2D eigenvalue weighted by atomic mass is 10.1. The summed E-state index contributed by atoms with van der Waals surface area (Å²) in [5.41, 5.74) is 6.73. The lowest BCUT2D eigenvalue weighted by Gasteiger charge is -2.10. The van der Waals surface area contributed by atoms with E-state index in [4.69, 9.17) is 15.3 Å². The Kier molecular flexibility index (Phi) is 3.50. The van der Waals surface area contributed by atoms with E-state index < -0.39 is 0 Å². The van der Waals surface area contributed by atoms with Gasteiger partial charge in [-0.1, -0.05) is 13.8 Å². The molecule has 0 amide bonds. The van der Waals surface area contributed by atoms with Crippen molar-refractivity contribution in [1.29, 1.82) is 0 Å². The van der Waals surface area contributed by atoms with Gasteiger partial charge in [-0.25, -0.2) is 9.97 Å². The Labute approximate surface area is 105 Å². The summed E-state index contributed by atoms with van der Waals surface area (Å²) in [5, 5.41) is 0. The maximum atomic E-state index is 5.73. The van der Waals surface area contributed by atoms with Crippen LogP contribution in [0.25, 0.3) is 11.2 Å². The maximum Gasteiger partial charge on any atom is 0.332 e. The van der Waals surface area contributed by atoms with E-state index in [1.165, 1.54) is 18.2 Å². The van der Waals surface area contributed by atoms with Crippen LogP contribution in [0, 0.1) is 5.92 Å². The fourth-order valence-electron chi connectivity index (χ4n) is 1.49. The molecule has 0 radical (unpaired) electrons. The first-order valence-electron chi connectivity index (χ1n) is 5.79. The van der Waals surface area contributed by atoms with Gasteiger partial charge >= 0.3 is 6.01 Å². The smallest absolute Gasteiger partial charge is 0.332 e. The number of hydrogen-bond acceptors (Lipinski definition) is 6. The Balaban J connectivity index is 2.32. The summed E-state index contributed by atoms with van der Waals surface area (Å²) in [7, 11) is 1.52. The lowest BCUT2D eigenvalue weighted by molar-refractivity contribution is 0.0882. The summed E-state index contributed by atoms with van der Waals surface area (Å²) in [4.78, 5) is 17.8. The SMILES string of the molecule is COc1nc2c(N)ncnc2n1OCCC(C)C. The number of imidazole rings is 1. The Hall–Kier alpha value is -2.05. The van der Waals surface area contributed by atoms with Crippen LogP contribution >= 0.6 is 0 Å². The molecule has 2 rings (SSSR count). The maximum absolute atomic E-state index is 5.73. The highest BCUT2D eigenvalue weighted by Gasteiger charge is 2.16. The van der Waals surface area contributed by atoms with Crippen LogP contribution in [-0.4, -0.2) is 33.4 Å². The Morgan fingerprint density at radius 3 is 2.83 bits per heavy atom. The van der Waals surface area contributed by atoms with Gasteiger partial charge in [0.05, 0.1) is 7.11 Å². The van der Waals surface area contributed by atoms with Gasteiger partial charge in [0.1, 0.15) is 12.9 Å². The van der Waals surface area contributed by atoms with Crippen molar-refractivity contribution in [1.82, 2.24) is 19.7 Å². The van der Waals surface area contributed by atoms with Crippen LogP contribution in [0.3, 0.4) is 0 Å². The molecule has 7 heteroatoms. The summed E-state index contributed by atoms with van der Waals surface area (Å²) < 4.78 is 6.60. The highest BCUT2D eigenvalue weighted by molar-refractivity contribution is 5.82. The number of methoxy groups -OCH3 is 1. The van der Waals surface area contributed by atoms with E-state index in [9.17, 15) is 0 Å². The van der Waals surface area contributed by atoms with Crippen molar-refractivity contribution in [3.63, 3.8) is 0 Å². The van der Waals surface area contributed by atoms with Gasteiger partial charge < -0.3 is 15.3 Å². The van der Waals surface area contributed by atoms with Gasteiger partial charge in [-0.15, -0.1) is 4.73 Å². The number of aromatic nitrogens is 4. The number of rotatable bonds is 5.